The van der Waals surface area contributed by atoms with Crippen LogP contribution < -0.4 is 4.74 Å². The molecule has 0 bridgehead atoms. The number of aliphatic carboxylic acids is 1. The highest BCUT2D eigenvalue weighted by Gasteiger charge is 2.12. The number of carboxylic acid groups (broad SMARTS) is 1. The van der Waals surface area contributed by atoms with Gasteiger partial charge in [-0.2, -0.15) is 0 Å². The number of hydrogen-bond donors (Lipinski definition) is 1. The van der Waals surface area contributed by atoms with Gasteiger partial charge in [0.15, 0.2) is 5.78 Å². The van der Waals surface area contributed by atoms with Crippen molar-refractivity contribution in [2.24, 2.45) is 0 Å². The molecule has 0 aromatic heterocycles. The molecule has 1 N–H and O–H groups in total. The van der Waals surface area contributed by atoms with Crippen molar-refractivity contribution in [2.75, 3.05) is 6.61 Å². The van der Waals surface area contributed by atoms with Gasteiger partial charge in [0.05, 0.1) is 12.2 Å². The number of ketones is 1. The summed E-state index contributed by atoms with van der Waals surface area (Å²) in [4.78, 5) is 22.2. The molecule has 0 saturated heterocycles. The van der Waals surface area contributed by atoms with E-state index in [1.165, 1.54) is 25.7 Å². The molecule has 0 amide bonds. The summed E-state index contributed by atoms with van der Waals surface area (Å²) in [5.41, 5.74) is 2.88. The third kappa shape index (κ3) is 8.50. The predicted molar refractivity (Wildman–Crippen MR) is 105 cm³/mol. The minimum Gasteiger partial charge on any atom is -0.493 e. The van der Waals surface area contributed by atoms with Crippen molar-refractivity contribution in [1.29, 1.82) is 0 Å². The summed E-state index contributed by atoms with van der Waals surface area (Å²) in [5.74, 6) is 0.105. The van der Waals surface area contributed by atoms with E-state index in [4.69, 9.17) is 9.84 Å². The second-order valence-electron chi connectivity index (χ2n) is 7.11. The van der Waals surface area contributed by atoms with E-state index in [1.54, 1.807) is 6.92 Å². The van der Waals surface area contributed by atoms with Gasteiger partial charge in [-0.15, -0.1) is 0 Å². The van der Waals surface area contributed by atoms with Gasteiger partial charge in [-0.1, -0.05) is 51.0 Å². The van der Waals surface area contributed by atoms with Crippen LogP contribution >= 0.6 is 0 Å². The first-order valence-electron chi connectivity index (χ1n) is 9.89. The minimum absolute atomic E-state index is 0.0476. The zero-order valence-electron chi connectivity index (χ0n) is 16.6. The first kappa shape index (κ1) is 22.2. The first-order chi connectivity index (χ1) is 12.4. The maximum atomic E-state index is 11.8. The largest absolute Gasteiger partial charge is 0.493 e. The summed E-state index contributed by atoms with van der Waals surface area (Å²) in [5, 5.41) is 8.57. The van der Waals surface area contributed by atoms with Crippen molar-refractivity contribution in [3.8, 4) is 5.75 Å². The molecule has 0 heterocycles. The molecule has 1 aromatic rings. The third-order valence-corrected chi connectivity index (χ3v) is 4.84. The number of rotatable bonds is 14. The van der Waals surface area contributed by atoms with Crippen LogP contribution in [0, 0.1) is 13.8 Å². The molecule has 0 aliphatic heterocycles. The number of carbonyl (C=O) groups excluding carboxylic acids is 1. The highest BCUT2D eigenvalue weighted by Crippen LogP contribution is 2.27. The maximum absolute atomic E-state index is 11.8. The van der Waals surface area contributed by atoms with E-state index < -0.39 is 5.97 Å². The van der Waals surface area contributed by atoms with Crippen LogP contribution in [0.4, 0.5) is 0 Å². The molecule has 26 heavy (non-hydrogen) atoms. The Bertz CT molecular complexity index is 578. The van der Waals surface area contributed by atoms with Crippen LogP contribution in [0.1, 0.15) is 92.6 Å². The van der Waals surface area contributed by atoms with E-state index in [0.29, 0.717) is 18.6 Å². The van der Waals surface area contributed by atoms with E-state index >= 15 is 0 Å². The van der Waals surface area contributed by atoms with Crippen LogP contribution in [-0.4, -0.2) is 23.5 Å². The molecular weight excluding hydrogens is 328 g/mol. The van der Waals surface area contributed by atoms with Gasteiger partial charge in [-0.05, 0) is 50.8 Å². The van der Waals surface area contributed by atoms with E-state index in [1.807, 2.05) is 26.0 Å². The first-order valence-corrected chi connectivity index (χ1v) is 9.89. The van der Waals surface area contributed by atoms with Crippen molar-refractivity contribution in [3.63, 3.8) is 0 Å². The van der Waals surface area contributed by atoms with Crippen molar-refractivity contribution in [2.45, 2.75) is 85.0 Å². The molecule has 0 spiro atoms. The summed E-state index contributed by atoms with van der Waals surface area (Å²) in [7, 11) is 0. The number of carbonyl (C=O) groups is 2. The zero-order valence-corrected chi connectivity index (χ0v) is 16.6. The molecule has 0 atom stereocenters. The van der Waals surface area contributed by atoms with Crippen LogP contribution in [0.2, 0.25) is 0 Å². The van der Waals surface area contributed by atoms with Crippen molar-refractivity contribution in [3.05, 3.63) is 28.8 Å². The lowest BCUT2D eigenvalue weighted by molar-refractivity contribution is -0.137. The fraction of sp³-hybridized carbons (Fsp3) is 0.636. The Kier molecular flexibility index (Phi) is 10.7. The summed E-state index contributed by atoms with van der Waals surface area (Å²) in [6.45, 7) is 6.28. The number of carboxylic acids is 1. The Hall–Kier alpha value is -1.84. The molecule has 4 nitrogen and oxygen atoms in total. The van der Waals surface area contributed by atoms with Crippen LogP contribution in [-0.2, 0) is 4.79 Å². The highest BCUT2D eigenvalue weighted by molar-refractivity contribution is 5.97. The SMILES string of the molecule is CC(=O)c1ccc(C)c(C)c1OCCCCCCCCCCCC(=O)O. The number of Topliss-reactive ketones (excluding diaryl/α,β-unsaturated/α-hetero) is 1. The van der Waals surface area contributed by atoms with Crippen molar-refractivity contribution >= 4 is 11.8 Å². The number of benzene rings is 1. The Morgan fingerprint density at radius 2 is 1.42 bits per heavy atom. The Labute approximate surface area is 158 Å². The lowest BCUT2D eigenvalue weighted by Crippen LogP contribution is -2.05. The maximum Gasteiger partial charge on any atom is 0.303 e. The Morgan fingerprint density at radius 3 is 1.96 bits per heavy atom. The lowest BCUT2D eigenvalue weighted by Gasteiger charge is -2.14. The van der Waals surface area contributed by atoms with Gasteiger partial charge in [0, 0.05) is 6.42 Å². The van der Waals surface area contributed by atoms with Gasteiger partial charge in [0.1, 0.15) is 5.75 Å². The second kappa shape index (κ2) is 12.5. The van der Waals surface area contributed by atoms with E-state index in [9.17, 15) is 9.59 Å². The molecule has 146 valence electrons. The van der Waals surface area contributed by atoms with Gasteiger partial charge in [-0.3, -0.25) is 9.59 Å². The highest BCUT2D eigenvalue weighted by atomic mass is 16.5. The molecular formula is C22H34O4. The monoisotopic (exact) mass is 362 g/mol. The molecule has 1 aromatic carbocycles. The summed E-state index contributed by atoms with van der Waals surface area (Å²) in [6.07, 6.45) is 10.2. The van der Waals surface area contributed by atoms with Crippen LogP contribution in [0.3, 0.4) is 0 Å². The average Bonchev–Trinajstić information content (AvgIpc) is 2.58. The third-order valence-electron chi connectivity index (χ3n) is 4.84. The Morgan fingerprint density at radius 1 is 0.885 bits per heavy atom. The van der Waals surface area contributed by atoms with Crippen LogP contribution in [0.25, 0.3) is 0 Å². The fourth-order valence-corrected chi connectivity index (χ4v) is 3.04. The predicted octanol–water partition coefficient (Wildman–Crippen LogP) is 5.87. The van der Waals surface area contributed by atoms with Gasteiger partial charge >= 0.3 is 5.97 Å². The van der Waals surface area contributed by atoms with Crippen LogP contribution in [0.5, 0.6) is 5.75 Å². The van der Waals surface area contributed by atoms with Gasteiger partial charge in [-0.25, -0.2) is 0 Å². The molecule has 0 aliphatic carbocycles. The van der Waals surface area contributed by atoms with Crippen molar-refractivity contribution in [1.82, 2.24) is 0 Å². The van der Waals surface area contributed by atoms with E-state index in [2.05, 4.69) is 0 Å². The Balaban J connectivity index is 2.12. The number of hydrogen-bond acceptors (Lipinski definition) is 3. The molecule has 0 fully saturated rings. The standard InChI is InChI=1S/C22H34O4/c1-17-14-15-20(19(3)23)22(18(17)2)26-16-12-10-8-6-4-5-7-9-11-13-21(24)25/h14-15H,4-13,16H2,1-3H3,(H,24,25). The van der Waals surface area contributed by atoms with Gasteiger partial charge in [0.2, 0.25) is 0 Å². The smallest absolute Gasteiger partial charge is 0.303 e. The second-order valence-corrected chi connectivity index (χ2v) is 7.11. The quantitative estimate of drug-likeness (QED) is 0.332. The molecule has 0 aliphatic rings. The summed E-state index contributed by atoms with van der Waals surface area (Å²) < 4.78 is 5.93. The minimum atomic E-state index is -0.691. The van der Waals surface area contributed by atoms with Crippen molar-refractivity contribution < 1.29 is 19.4 Å². The van der Waals surface area contributed by atoms with Gasteiger partial charge in [0.25, 0.3) is 0 Å². The molecule has 0 saturated carbocycles. The van der Waals surface area contributed by atoms with Gasteiger partial charge < -0.3 is 9.84 Å². The summed E-state index contributed by atoms with van der Waals surface area (Å²) in [6, 6.07) is 3.83. The van der Waals surface area contributed by atoms with E-state index in [-0.39, 0.29) is 5.78 Å². The molecule has 4 heteroatoms. The normalized spacial score (nSPS) is 10.7. The number of aryl methyl sites for hydroxylation is 1. The molecule has 0 radical (unpaired) electrons. The zero-order chi connectivity index (χ0) is 19.4. The lowest BCUT2D eigenvalue weighted by atomic mass is 10.0. The number of ether oxygens (including phenoxy) is 1. The average molecular weight is 363 g/mol. The summed E-state index contributed by atoms with van der Waals surface area (Å²) >= 11 is 0. The van der Waals surface area contributed by atoms with E-state index in [0.717, 1.165) is 49.0 Å². The number of unbranched alkanes of at least 4 members (excludes halogenated alkanes) is 8. The molecule has 0 unspecified atom stereocenters. The topological polar surface area (TPSA) is 63.6 Å². The van der Waals surface area contributed by atoms with Crippen LogP contribution in [0.15, 0.2) is 12.1 Å². The fourth-order valence-electron chi connectivity index (χ4n) is 3.04. The molecule has 1 rings (SSSR count).